The lowest BCUT2D eigenvalue weighted by molar-refractivity contribution is -0.138. The lowest BCUT2D eigenvalue weighted by atomic mass is 10.1. The SMILES string of the molecule is N#C/C(=C\c1ccc(O)c(O)c1)C(=O)OCC1OC1c1ccccc1. The van der Waals surface area contributed by atoms with Crippen LogP contribution in [0.3, 0.4) is 0 Å². The normalized spacial score (nSPS) is 19.1. The number of carbonyl (C=O) groups is 1. The number of aromatic hydroxyl groups is 2. The highest BCUT2D eigenvalue weighted by Gasteiger charge is 2.41. The molecule has 1 aliphatic rings. The molecule has 0 spiro atoms. The van der Waals surface area contributed by atoms with Crippen LogP contribution in [0.2, 0.25) is 0 Å². The maximum Gasteiger partial charge on any atom is 0.348 e. The molecule has 1 fully saturated rings. The first-order chi connectivity index (χ1) is 12.1. The van der Waals surface area contributed by atoms with Gasteiger partial charge in [0, 0.05) is 0 Å². The van der Waals surface area contributed by atoms with Crippen LogP contribution in [0.4, 0.5) is 0 Å². The van der Waals surface area contributed by atoms with Gasteiger partial charge in [-0.1, -0.05) is 36.4 Å². The monoisotopic (exact) mass is 337 g/mol. The summed E-state index contributed by atoms with van der Waals surface area (Å²) in [7, 11) is 0. The fraction of sp³-hybridized carbons (Fsp3) is 0.158. The molecule has 6 heteroatoms. The van der Waals surface area contributed by atoms with E-state index in [4.69, 9.17) is 14.7 Å². The van der Waals surface area contributed by atoms with E-state index in [9.17, 15) is 15.0 Å². The summed E-state index contributed by atoms with van der Waals surface area (Å²) in [6.45, 7) is 0.0538. The third-order valence-corrected chi connectivity index (χ3v) is 3.74. The Balaban J connectivity index is 1.59. The van der Waals surface area contributed by atoms with Gasteiger partial charge in [0.25, 0.3) is 0 Å². The second kappa shape index (κ2) is 7.07. The van der Waals surface area contributed by atoms with Gasteiger partial charge in [-0.3, -0.25) is 0 Å². The van der Waals surface area contributed by atoms with Crippen molar-refractivity contribution in [2.24, 2.45) is 0 Å². The van der Waals surface area contributed by atoms with Crippen LogP contribution in [0.15, 0.2) is 54.1 Å². The second-order valence-electron chi connectivity index (χ2n) is 5.52. The van der Waals surface area contributed by atoms with Crippen molar-refractivity contribution in [1.82, 2.24) is 0 Å². The number of benzene rings is 2. The van der Waals surface area contributed by atoms with Gasteiger partial charge in [-0.15, -0.1) is 0 Å². The molecule has 6 nitrogen and oxygen atoms in total. The molecule has 1 saturated heterocycles. The van der Waals surface area contributed by atoms with Crippen LogP contribution in [-0.4, -0.2) is 28.9 Å². The van der Waals surface area contributed by atoms with Crippen LogP contribution >= 0.6 is 0 Å². The third-order valence-electron chi connectivity index (χ3n) is 3.74. The van der Waals surface area contributed by atoms with E-state index in [-0.39, 0.29) is 35.9 Å². The molecule has 2 N–H and O–H groups in total. The molecular formula is C19H15NO5. The van der Waals surface area contributed by atoms with Gasteiger partial charge in [0.2, 0.25) is 0 Å². The molecule has 0 saturated carbocycles. The topological polar surface area (TPSA) is 103 Å². The Morgan fingerprint density at radius 2 is 1.96 bits per heavy atom. The molecule has 0 bridgehead atoms. The fourth-order valence-electron chi connectivity index (χ4n) is 2.37. The lowest BCUT2D eigenvalue weighted by Gasteiger charge is -2.03. The molecule has 2 atom stereocenters. The Labute approximate surface area is 144 Å². The van der Waals surface area contributed by atoms with Gasteiger partial charge in [0.05, 0.1) is 0 Å². The highest BCUT2D eigenvalue weighted by Crippen LogP contribution is 2.38. The maximum absolute atomic E-state index is 12.0. The summed E-state index contributed by atoms with van der Waals surface area (Å²) < 4.78 is 10.6. The molecule has 25 heavy (non-hydrogen) atoms. The minimum absolute atomic E-state index is 0.0538. The van der Waals surface area contributed by atoms with E-state index in [1.54, 1.807) is 6.07 Å². The van der Waals surface area contributed by atoms with Gasteiger partial charge in [0.1, 0.15) is 30.5 Å². The second-order valence-corrected chi connectivity index (χ2v) is 5.52. The van der Waals surface area contributed by atoms with Crippen molar-refractivity contribution in [2.75, 3.05) is 6.61 Å². The molecule has 0 aromatic heterocycles. The summed E-state index contributed by atoms with van der Waals surface area (Å²) in [5.41, 5.74) is 1.20. The summed E-state index contributed by atoms with van der Waals surface area (Å²) in [6.07, 6.45) is 0.964. The highest BCUT2D eigenvalue weighted by atomic mass is 16.6. The number of hydrogen-bond acceptors (Lipinski definition) is 6. The number of phenolic OH excluding ortho intramolecular Hbond substituents is 2. The summed E-state index contributed by atoms with van der Waals surface area (Å²) in [6, 6.07) is 15.3. The molecule has 2 aromatic rings. The molecule has 126 valence electrons. The number of epoxide rings is 1. The number of phenols is 2. The van der Waals surface area contributed by atoms with Crippen LogP contribution in [0.5, 0.6) is 11.5 Å². The van der Waals surface area contributed by atoms with E-state index in [2.05, 4.69) is 0 Å². The first-order valence-corrected chi connectivity index (χ1v) is 7.60. The Morgan fingerprint density at radius 1 is 1.20 bits per heavy atom. The zero-order valence-corrected chi connectivity index (χ0v) is 13.1. The van der Waals surface area contributed by atoms with Crippen LogP contribution in [-0.2, 0) is 14.3 Å². The van der Waals surface area contributed by atoms with Crippen molar-refractivity contribution in [3.8, 4) is 17.6 Å². The largest absolute Gasteiger partial charge is 0.504 e. The van der Waals surface area contributed by atoms with Crippen LogP contribution in [0.1, 0.15) is 17.2 Å². The molecule has 0 aliphatic carbocycles. The van der Waals surface area contributed by atoms with E-state index in [1.807, 2.05) is 30.3 Å². The fourth-order valence-corrected chi connectivity index (χ4v) is 2.37. The highest BCUT2D eigenvalue weighted by molar-refractivity contribution is 5.98. The van der Waals surface area contributed by atoms with Gasteiger partial charge in [0.15, 0.2) is 11.5 Å². The number of carbonyl (C=O) groups excluding carboxylic acids is 1. The van der Waals surface area contributed by atoms with E-state index in [1.165, 1.54) is 24.3 Å². The Bertz CT molecular complexity index is 854. The average molecular weight is 337 g/mol. The standard InChI is InChI=1S/C19H15NO5/c20-10-14(8-12-6-7-15(21)16(22)9-12)19(23)24-11-17-18(25-17)13-4-2-1-3-5-13/h1-9,17-18,21-22H,11H2/b14-8+. The molecule has 2 unspecified atom stereocenters. The zero-order valence-electron chi connectivity index (χ0n) is 13.1. The zero-order chi connectivity index (χ0) is 17.8. The minimum Gasteiger partial charge on any atom is -0.504 e. The summed E-state index contributed by atoms with van der Waals surface area (Å²) in [5.74, 6) is -1.38. The number of rotatable bonds is 5. The Morgan fingerprint density at radius 3 is 2.64 bits per heavy atom. The smallest absolute Gasteiger partial charge is 0.348 e. The predicted octanol–water partition coefficient (Wildman–Crippen LogP) is 2.69. The average Bonchev–Trinajstić information content (AvgIpc) is 3.41. The van der Waals surface area contributed by atoms with Crippen molar-refractivity contribution in [3.63, 3.8) is 0 Å². The number of nitriles is 1. The van der Waals surface area contributed by atoms with Gasteiger partial charge in [-0.05, 0) is 29.3 Å². The quantitative estimate of drug-likeness (QED) is 0.286. The number of nitrogens with zero attached hydrogens (tertiary/aromatic N) is 1. The van der Waals surface area contributed by atoms with Gasteiger partial charge < -0.3 is 19.7 Å². The molecular weight excluding hydrogens is 322 g/mol. The van der Waals surface area contributed by atoms with Crippen LogP contribution in [0.25, 0.3) is 6.08 Å². The lowest BCUT2D eigenvalue weighted by Crippen LogP contribution is -2.11. The molecule has 3 rings (SSSR count). The van der Waals surface area contributed by atoms with Crippen LogP contribution in [0, 0.1) is 11.3 Å². The van der Waals surface area contributed by atoms with Gasteiger partial charge in [-0.25, -0.2) is 4.79 Å². The minimum atomic E-state index is -0.766. The predicted molar refractivity (Wildman–Crippen MR) is 88.4 cm³/mol. The first-order valence-electron chi connectivity index (χ1n) is 7.60. The van der Waals surface area contributed by atoms with Crippen molar-refractivity contribution >= 4 is 12.0 Å². The Hall–Kier alpha value is -3.30. The molecule has 1 aliphatic heterocycles. The summed E-state index contributed by atoms with van der Waals surface area (Å²) in [4.78, 5) is 12.0. The molecule has 0 radical (unpaired) electrons. The number of esters is 1. The first kappa shape index (κ1) is 16.6. The Kier molecular flexibility index (Phi) is 4.68. The van der Waals surface area contributed by atoms with Gasteiger partial charge >= 0.3 is 5.97 Å². The maximum atomic E-state index is 12.0. The molecule has 1 heterocycles. The van der Waals surface area contributed by atoms with Crippen molar-refractivity contribution in [2.45, 2.75) is 12.2 Å². The van der Waals surface area contributed by atoms with Crippen molar-refractivity contribution in [3.05, 3.63) is 65.2 Å². The van der Waals surface area contributed by atoms with E-state index in [0.717, 1.165) is 5.56 Å². The van der Waals surface area contributed by atoms with Crippen LogP contribution < -0.4 is 0 Å². The van der Waals surface area contributed by atoms with Crippen molar-refractivity contribution < 1.29 is 24.5 Å². The third kappa shape index (κ3) is 3.97. The molecule has 2 aromatic carbocycles. The summed E-state index contributed by atoms with van der Waals surface area (Å²) >= 11 is 0. The molecule has 0 amide bonds. The summed E-state index contributed by atoms with van der Waals surface area (Å²) in [5, 5.41) is 27.9. The number of hydrogen-bond donors (Lipinski definition) is 2. The van der Waals surface area contributed by atoms with E-state index in [0.29, 0.717) is 5.56 Å². The number of ether oxygens (including phenoxy) is 2. The van der Waals surface area contributed by atoms with E-state index >= 15 is 0 Å². The van der Waals surface area contributed by atoms with Crippen molar-refractivity contribution in [1.29, 1.82) is 5.26 Å². The van der Waals surface area contributed by atoms with E-state index < -0.39 is 5.97 Å². The van der Waals surface area contributed by atoms with Gasteiger partial charge in [-0.2, -0.15) is 5.26 Å².